The molecule has 3 N–H and O–H groups in total. The summed E-state index contributed by atoms with van der Waals surface area (Å²) in [5, 5.41) is 2.69. The number of nitrogens with two attached hydrogens (primary N) is 1. The number of methoxy groups -OCH3 is 1. The van der Waals surface area contributed by atoms with E-state index in [4.69, 9.17) is 10.5 Å². The van der Waals surface area contributed by atoms with E-state index in [0.29, 0.717) is 21.4 Å². The Labute approximate surface area is 123 Å². The summed E-state index contributed by atoms with van der Waals surface area (Å²) < 4.78 is 18.8. The standard InChI is InChI=1S/C14H12BrFN2O2/c1-20-13-6-8(2-4-11(13)16)14(19)18-9-3-5-12(17)10(15)7-9/h2-7H,17H2,1H3,(H,18,19). The van der Waals surface area contributed by atoms with Crippen LogP contribution in [0.4, 0.5) is 15.8 Å². The van der Waals surface area contributed by atoms with E-state index >= 15 is 0 Å². The van der Waals surface area contributed by atoms with Crippen LogP contribution in [0.25, 0.3) is 0 Å². The molecule has 0 aromatic heterocycles. The molecule has 0 aliphatic rings. The number of hydrogen-bond donors (Lipinski definition) is 2. The van der Waals surface area contributed by atoms with Gasteiger partial charge >= 0.3 is 0 Å². The minimum atomic E-state index is -0.515. The van der Waals surface area contributed by atoms with Crippen LogP contribution in [0.15, 0.2) is 40.9 Å². The average molecular weight is 339 g/mol. The number of anilines is 2. The van der Waals surface area contributed by atoms with Crippen molar-refractivity contribution in [3.8, 4) is 5.75 Å². The van der Waals surface area contributed by atoms with E-state index in [1.807, 2.05) is 0 Å². The van der Waals surface area contributed by atoms with Gasteiger partial charge in [-0.1, -0.05) is 0 Å². The van der Waals surface area contributed by atoms with E-state index in [9.17, 15) is 9.18 Å². The zero-order valence-electron chi connectivity index (χ0n) is 10.6. The molecule has 2 aromatic carbocycles. The third-order valence-electron chi connectivity index (χ3n) is 2.67. The maximum absolute atomic E-state index is 13.3. The van der Waals surface area contributed by atoms with Crippen molar-refractivity contribution in [2.45, 2.75) is 0 Å². The first-order chi connectivity index (χ1) is 9.51. The fraction of sp³-hybridized carbons (Fsp3) is 0.0714. The third kappa shape index (κ3) is 3.08. The molecule has 0 saturated carbocycles. The zero-order chi connectivity index (χ0) is 14.7. The number of amides is 1. The molecular formula is C14H12BrFN2O2. The Morgan fingerprint density at radius 1 is 1.30 bits per heavy atom. The molecule has 4 nitrogen and oxygen atoms in total. The van der Waals surface area contributed by atoms with Gasteiger partial charge in [-0.25, -0.2) is 4.39 Å². The predicted octanol–water partition coefficient (Wildman–Crippen LogP) is 3.43. The van der Waals surface area contributed by atoms with E-state index in [1.165, 1.54) is 25.3 Å². The van der Waals surface area contributed by atoms with Gasteiger partial charge in [-0.15, -0.1) is 0 Å². The Morgan fingerprint density at radius 3 is 2.70 bits per heavy atom. The summed E-state index contributed by atoms with van der Waals surface area (Å²) in [6.07, 6.45) is 0. The molecule has 0 unspecified atom stereocenters. The van der Waals surface area contributed by atoms with Crippen LogP contribution in [0.1, 0.15) is 10.4 Å². The van der Waals surface area contributed by atoms with Crippen LogP contribution in [-0.2, 0) is 0 Å². The van der Waals surface area contributed by atoms with Gasteiger partial charge in [-0.3, -0.25) is 4.79 Å². The van der Waals surface area contributed by atoms with Gasteiger partial charge in [0.15, 0.2) is 11.6 Å². The Hall–Kier alpha value is -2.08. The highest BCUT2D eigenvalue weighted by molar-refractivity contribution is 9.10. The van der Waals surface area contributed by atoms with Crippen molar-refractivity contribution in [3.05, 3.63) is 52.3 Å². The second kappa shape index (κ2) is 5.92. The Balaban J connectivity index is 2.21. The smallest absolute Gasteiger partial charge is 0.255 e. The lowest BCUT2D eigenvalue weighted by atomic mass is 10.2. The van der Waals surface area contributed by atoms with Gasteiger partial charge in [0, 0.05) is 21.4 Å². The second-order valence-corrected chi connectivity index (χ2v) is 4.89. The molecule has 0 saturated heterocycles. The second-order valence-electron chi connectivity index (χ2n) is 4.04. The topological polar surface area (TPSA) is 64.3 Å². The summed E-state index contributed by atoms with van der Waals surface area (Å²) in [5.41, 5.74) is 7.13. The number of carbonyl (C=O) groups is 1. The first-order valence-corrected chi connectivity index (χ1v) is 6.50. The lowest BCUT2D eigenvalue weighted by Gasteiger charge is -2.08. The maximum Gasteiger partial charge on any atom is 0.255 e. The molecule has 2 aromatic rings. The first-order valence-electron chi connectivity index (χ1n) is 5.71. The van der Waals surface area contributed by atoms with Crippen LogP contribution in [0.3, 0.4) is 0 Å². The molecule has 0 fully saturated rings. The van der Waals surface area contributed by atoms with Gasteiger partial charge in [0.2, 0.25) is 0 Å². The monoisotopic (exact) mass is 338 g/mol. The molecule has 20 heavy (non-hydrogen) atoms. The van der Waals surface area contributed by atoms with E-state index in [-0.39, 0.29) is 11.7 Å². The highest BCUT2D eigenvalue weighted by Gasteiger charge is 2.11. The number of halogens is 2. The maximum atomic E-state index is 13.3. The summed E-state index contributed by atoms with van der Waals surface area (Å²) in [4.78, 5) is 12.1. The normalized spacial score (nSPS) is 10.2. The van der Waals surface area contributed by atoms with Gasteiger partial charge in [0.05, 0.1) is 7.11 Å². The van der Waals surface area contributed by atoms with Crippen LogP contribution in [0, 0.1) is 5.82 Å². The van der Waals surface area contributed by atoms with Crippen molar-refractivity contribution in [2.24, 2.45) is 0 Å². The molecule has 104 valence electrons. The van der Waals surface area contributed by atoms with E-state index in [2.05, 4.69) is 21.2 Å². The van der Waals surface area contributed by atoms with Gasteiger partial charge in [-0.2, -0.15) is 0 Å². The summed E-state index contributed by atoms with van der Waals surface area (Å²) in [6.45, 7) is 0. The molecule has 0 spiro atoms. The molecular weight excluding hydrogens is 327 g/mol. The van der Waals surface area contributed by atoms with Gasteiger partial charge in [-0.05, 0) is 52.3 Å². The molecule has 6 heteroatoms. The summed E-state index contributed by atoms with van der Waals surface area (Å²) >= 11 is 3.28. The van der Waals surface area contributed by atoms with Crippen molar-refractivity contribution in [1.29, 1.82) is 0 Å². The summed E-state index contributed by atoms with van der Waals surface area (Å²) in [7, 11) is 1.34. The van der Waals surface area contributed by atoms with Crippen LogP contribution >= 0.6 is 15.9 Å². The lowest BCUT2D eigenvalue weighted by Crippen LogP contribution is -2.12. The number of nitrogens with one attached hydrogen (secondary N) is 1. The van der Waals surface area contributed by atoms with E-state index in [0.717, 1.165) is 0 Å². The lowest BCUT2D eigenvalue weighted by molar-refractivity contribution is 0.102. The van der Waals surface area contributed by atoms with Gasteiger partial charge in [0.25, 0.3) is 5.91 Å². The molecule has 2 rings (SSSR count). The molecule has 1 amide bonds. The number of ether oxygens (including phenoxy) is 1. The number of benzene rings is 2. The predicted molar refractivity (Wildman–Crippen MR) is 79.5 cm³/mol. The number of nitrogen functional groups attached to an aromatic ring is 1. The quantitative estimate of drug-likeness (QED) is 0.842. The zero-order valence-corrected chi connectivity index (χ0v) is 12.2. The fourth-order valence-electron chi connectivity index (χ4n) is 1.61. The minimum absolute atomic E-state index is 0.0242. The van der Waals surface area contributed by atoms with Crippen molar-refractivity contribution in [1.82, 2.24) is 0 Å². The number of hydrogen-bond acceptors (Lipinski definition) is 3. The largest absolute Gasteiger partial charge is 0.494 e. The first kappa shape index (κ1) is 14.3. The summed E-state index contributed by atoms with van der Waals surface area (Å²) in [5.74, 6) is -0.851. The van der Waals surface area contributed by atoms with Gasteiger partial charge in [0.1, 0.15) is 0 Å². The summed E-state index contributed by atoms with van der Waals surface area (Å²) in [6, 6.07) is 8.96. The molecule has 0 aliphatic carbocycles. The number of rotatable bonds is 3. The van der Waals surface area contributed by atoms with Crippen LogP contribution in [-0.4, -0.2) is 13.0 Å². The molecule has 0 aliphatic heterocycles. The highest BCUT2D eigenvalue weighted by Crippen LogP contribution is 2.24. The van der Waals surface area contributed by atoms with E-state index in [1.54, 1.807) is 18.2 Å². The Bertz CT molecular complexity index is 662. The Kier molecular flexibility index (Phi) is 4.24. The van der Waals surface area contributed by atoms with Crippen molar-refractivity contribution >= 4 is 33.2 Å². The average Bonchev–Trinajstić information content (AvgIpc) is 2.43. The van der Waals surface area contributed by atoms with Crippen LogP contribution < -0.4 is 15.8 Å². The molecule has 0 radical (unpaired) electrons. The van der Waals surface area contributed by atoms with Crippen molar-refractivity contribution in [3.63, 3.8) is 0 Å². The highest BCUT2D eigenvalue weighted by atomic mass is 79.9. The SMILES string of the molecule is COc1cc(C(=O)Nc2ccc(N)c(Br)c2)ccc1F. The van der Waals surface area contributed by atoms with Crippen molar-refractivity contribution in [2.75, 3.05) is 18.2 Å². The fourth-order valence-corrected chi connectivity index (χ4v) is 1.99. The van der Waals surface area contributed by atoms with E-state index < -0.39 is 5.82 Å². The number of carbonyl (C=O) groups excluding carboxylic acids is 1. The van der Waals surface area contributed by atoms with Gasteiger partial charge < -0.3 is 15.8 Å². The van der Waals surface area contributed by atoms with Crippen molar-refractivity contribution < 1.29 is 13.9 Å². The van der Waals surface area contributed by atoms with Crippen LogP contribution in [0.2, 0.25) is 0 Å². The molecule has 0 atom stereocenters. The molecule has 0 bridgehead atoms. The molecule has 0 heterocycles. The third-order valence-corrected chi connectivity index (χ3v) is 3.36. The Morgan fingerprint density at radius 2 is 2.05 bits per heavy atom. The minimum Gasteiger partial charge on any atom is -0.494 e. The van der Waals surface area contributed by atoms with Crippen LogP contribution in [0.5, 0.6) is 5.75 Å².